The van der Waals surface area contributed by atoms with Crippen LogP contribution in [0.3, 0.4) is 0 Å². The van der Waals surface area contributed by atoms with Crippen LogP contribution in [0.1, 0.15) is 69.8 Å². The maximum atomic E-state index is 14.5. The van der Waals surface area contributed by atoms with Gasteiger partial charge >= 0.3 is 0 Å². The maximum Gasteiger partial charge on any atom is 0.146 e. The van der Waals surface area contributed by atoms with Crippen LogP contribution in [0.25, 0.3) is 0 Å². The number of hydrogen-bond acceptors (Lipinski definition) is 4. The number of phenolic OH excluding ortho intramolecular Hbond substituents is 1. The summed E-state index contributed by atoms with van der Waals surface area (Å²) < 4.78 is 14.5. The van der Waals surface area contributed by atoms with Crippen molar-refractivity contribution in [3.05, 3.63) is 88.7 Å². The van der Waals surface area contributed by atoms with Gasteiger partial charge in [-0.3, -0.25) is 4.90 Å². The molecule has 4 rings (SSSR count). The lowest BCUT2D eigenvalue weighted by molar-refractivity contribution is 0.211. The highest BCUT2D eigenvalue weighted by molar-refractivity contribution is 5.54. The molecule has 1 atom stereocenters. The Kier molecular flexibility index (Phi) is 7.81. The van der Waals surface area contributed by atoms with Crippen molar-refractivity contribution in [1.82, 2.24) is 4.90 Å². The number of nitrogens with zero attached hydrogens (tertiary/aromatic N) is 3. The molecule has 1 N–H and O–H groups in total. The van der Waals surface area contributed by atoms with Gasteiger partial charge in [0, 0.05) is 46.0 Å². The van der Waals surface area contributed by atoms with Crippen molar-refractivity contribution in [3.8, 4) is 5.75 Å². The average molecular weight is 518 g/mol. The van der Waals surface area contributed by atoms with Crippen LogP contribution in [0.5, 0.6) is 5.75 Å². The van der Waals surface area contributed by atoms with Gasteiger partial charge in [-0.15, -0.1) is 0 Å². The molecule has 0 aromatic heterocycles. The van der Waals surface area contributed by atoms with Crippen LogP contribution in [-0.2, 0) is 10.8 Å². The number of aromatic hydroxyl groups is 1. The van der Waals surface area contributed by atoms with Gasteiger partial charge in [-0.25, -0.2) is 4.39 Å². The molecular weight excluding hydrogens is 473 g/mol. The van der Waals surface area contributed by atoms with E-state index in [4.69, 9.17) is 0 Å². The van der Waals surface area contributed by atoms with E-state index < -0.39 is 0 Å². The molecule has 1 fully saturated rings. The SMILES string of the molecule is CN(C)c1ccc(C(c2cc(C(C)(C)C)c(O)c(C(C)(C)C)c2)N2CCN(c3ccccc3F)CC2)cc1. The lowest BCUT2D eigenvalue weighted by Gasteiger charge is -2.41. The highest BCUT2D eigenvalue weighted by Gasteiger charge is 2.32. The molecule has 3 aromatic carbocycles. The summed E-state index contributed by atoms with van der Waals surface area (Å²) in [4.78, 5) is 6.77. The summed E-state index contributed by atoms with van der Waals surface area (Å²) in [5.74, 6) is 0.236. The number of rotatable bonds is 5. The van der Waals surface area contributed by atoms with Crippen LogP contribution < -0.4 is 9.80 Å². The second kappa shape index (κ2) is 10.6. The molecule has 3 aromatic rings. The predicted molar refractivity (Wildman–Crippen MR) is 158 cm³/mol. The van der Waals surface area contributed by atoms with Crippen LogP contribution in [0, 0.1) is 5.82 Å². The van der Waals surface area contributed by atoms with Gasteiger partial charge in [0.2, 0.25) is 0 Å². The van der Waals surface area contributed by atoms with E-state index in [9.17, 15) is 9.50 Å². The molecule has 1 aliphatic rings. The van der Waals surface area contributed by atoms with E-state index in [1.807, 2.05) is 12.1 Å². The highest BCUT2D eigenvalue weighted by atomic mass is 19.1. The molecule has 1 aliphatic heterocycles. The first-order valence-corrected chi connectivity index (χ1v) is 13.7. The van der Waals surface area contributed by atoms with E-state index in [1.54, 1.807) is 6.07 Å². The number of hydrogen-bond donors (Lipinski definition) is 1. The summed E-state index contributed by atoms with van der Waals surface area (Å²) in [5, 5.41) is 11.4. The summed E-state index contributed by atoms with van der Waals surface area (Å²) in [6.07, 6.45) is 0. The minimum absolute atomic E-state index is 0.0248. The van der Waals surface area contributed by atoms with E-state index in [0.29, 0.717) is 11.4 Å². The average Bonchev–Trinajstić information content (AvgIpc) is 2.85. The Balaban J connectivity index is 1.79. The Morgan fingerprint density at radius 3 is 1.76 bits per heavy atom. The Morgan fingerprint density at radius 1 is 0.763 bits per heavy atom. The molecule has 5 heteroatoms. The second-order valence-corrected chi connectivity index (χ2v) is 12.8. The first-order valence-electron chi connectivity index (χ1n) is 13.7. The molecule has 1 unspecified atom stereocenters. The third-order valence-electron chi connectivity index (χ3n) is 7.66. The molecule has 0 saturated carbocycles. The van der Waals surface area contributed by atoms with Gasteiger partial charge in [-0.05, 0) is 69.5 Å². The molecule has 0 spiro atoms. The monoisotopic (exact) mass is 517 g/mol. The van der Waals surface area contributed by atoms with E-state index in [0.717, 1.165) is 43.0 Å². The number of benzene rings is 3. The number of halogens is 1. The summed E-state index contributed by atoms with van der Waals surface area (Å²) in [7, 11) is 4.11. The predicted octanol–water partition coefficient (Wildman–Crippen LogP) is 7.10. The Labute approximate surface area is 228 Å². The zero-order valence-electron chi connectivity index (χ0n) is 24.3. The third-order valence-corrected chi connectivity index (χ3v) is 7.66. The largest absolute Gasteiger partial charge is 0.507 e. The zero-order valence-corrected chi connectivity index (χ0v) is 24.3. The third kappa shape index (κ3) is 5.83. The first-order chi connectivity index (χ1) is 17.8. The van der Waals surface area contributed by atoms with Gasteiger partial charge in [0.1, 0.15) is 11.6 Å². The molecular formula is C33H44FN3O. The van der Waals surface area contributed by atoms with Crippen molar-refractivity contribution in [2.75, 3.05) is 50.1 Å². The van der Waals surface area contributed by atoms with Crippen molar-refractivity contribution >= 4 is 11.4 Å². The first kappa shape index (κ1) is 28.0. The van der Waals surface area contributed by atoms with E-state index >= 15 is 0 Å². The van der Waals surface area contributed by atoms with Crippen molar-refractivity contribution in [2.24, 2.45) is 0 Å². The van der Waals surface area contributed by atoms with Crippen LogP contribution in [-0.4, -0.2) is 50.3 Å². The number of piperazine rings is 1. The molecule has 4 nitrogen and oxygen atoms in total. The fourth-order valence-electron chi connectivity index (χ4n) is 5.46. The van der Waals surface area contributed by atoms with Gasteiger partial charge in [0.25, 0.3) is 0 Å². The Morgan fingerprint density at radius 2 is 1.29 bits per heavy atom. The maximum absolute atomic E-state index is 14.5. The molecule has 38 heavy (non-hydrogen) atoms. The Hall–Kier alpha value is -3.05. The Bertz CT molecular complexity index is 1210. The lowest BCUT2D eigenvalue weighted by Crippen LogP contribution is -2.48. The lowest BCUT2D eigenvalue weighted by atomic mass is 9.77. The minimum Gasteiger partial charge on any atom is -0.507 e. The van der Waals surface area contributed by atoms with Crippen molar-refractivity contribution in [3.63, 3.8) is 0 Å². The van der Waals surface area contributed by atoms with Crippen LogP contribution in [0.15, 0.2) is 60.7 Å². The number of anilines is 2. The minimum atomic E-state index is -0.205. The molecule has 1 saturated heterocycles. The molecule has 0 amide bonds. The topological polar surface area (TPSA) is 30.0 Å². The molecule has 1 heterocycles. The van der Waals surface area contributed by atoms with E-state index in [1.165, 1.54) is 17.2 Å². The summed E-state index contributed by atoms with van der Waals surface area (Å²) in [6.45, 7) is 16.1. The summed E-state index contributed by atoms with van der Waals surface area (Å²) in [5.41, 5.74) is 5.78. The van der Waals surface area contributed by atoms with Crippen molar-refractivity contribution in [2.45, 2.75) is 58.4 Å². The van der Waals surface area contributed by atoms with Crippen LogP contribution >= 0.6 is 0 Å². The standard InChI is InChI=1S/C33H44FN3O/c1-32(2,3)26-21-24(22-27(31(26)38)33(4,5)6)30(23-13-15-25(16-14-23)35(7)8)37-19-17-36(18-20-37)29-12-10-9-11-28(29)34/h9-16,21-22,30,38H,17-20H2,1-8H3. The second-order valence-electron chi connectivity index (χ2n) is 12.8. The van der Waals surface area contributed by atoms with Gasteiger partial charge in [0.05, 0.1) is 11.7 Å². The quantitative estimate of drug-likeness (QED) is 0.391. The van der Waals surface area contributed by atoms with Gasteiger partial charge in [-0.1, -0.05) is 65.8 Å². The van der Waals surface area contributed by atoms with Crippen LogP contribution in [0.2, 0.25) is 0 Å². The summed E-state index contributed by atoms with van der Waals surface area (Å²) >= 11 is 0. The normalized spacial score (nSPS) is 16.0. The molecule has 0 aliphatic carbocycles. The van der Waals surface area contributed by atoms with Crippen molar-refractivity contribution < 1.29 is 9.50 Å². The number of phenols is 1. The fraction of sp³-hybridized carbons (Fsp3) is 0.455. The van der Waals surface area contributed by atoms with Gasteiger partial charge < -0.3 is 14.9 Å². The molecule has 204 valence electrons. The molecule has 0 radical (unpaired) electrons. The van der Waals surface area contributed by atoms with E-state index in [2.05, 4.69) is 107 Å². The number of para-hydroxylation sites is 1. The summed E-state index contributed by atoms with van der Waals surface area (Å²) in [6, 6.07) is 20.3. The fourth-order valence-corrected chi connectivity index (χ4v) is 5.46. The van der Waals surface area contributed by atoms with Crippen molar-refractivity contribution in [1.29, 1.82) is 0 Å². The zero-order chi connectivity index (χ0) is 27.8. The smallest absolute Gasteiger partial charge is 0.146 e. The van der Waals surface area contributed by atoms with Crippen LogP contribution in [0.4, 0.5) is 15.8 Å². The van der Waals surface area contributed by atoms with Gasteiger partial charge in [0.15, 0.2) is 0 Å². The van der Waals surface area contributed by atoms with E-state index in [-0.39, 0.29) is 22.7 Å². The van der Waals surface area contributed by atoms with Gasteiger partial charge in [-0.2, -0.15) is 0 Å². The highest BCUT2D eigenvalue weighted by Crippen LogP contribution is 2.43. The molecule has 0 bridgehead atoms.